The SMILES string of the molecule is COc1cnnc(-c2cn(C(C)n3ccc(N4CCC[C@@H](N(CC5CCC5)C(=O)OC(C)(C)C)C4)cc3=O)nn2)c1. The van der Waals surface area contributed by atoms with Crippen LogP contribution in [0.1, 0.15) is 66.0 Å². The molecule has 1 aliphatic heterocycles. The number of ether oxygens (including phenoxy) is 2. The first-order valence-corrected chi connectivity index (χ1v) is 14.4. The van der Waals surface area contributed by atoms with Crippen LogP contribution < -0.4 is 15.2 Å². The Bertz CT molecular complexity index is 1410. The fraction of sp³-hybridized carbons (Fsp3) is 0.586. The van der Waals surface area contributed by atoms with Crippen molar-refractivity contribution in [3.05, 3.63) is 47.1 Å². The number of hydrogen-bond acceptors (Lipinski definition) is 9. The number of aromatic nitrogens is 6. The predicted octanol–water partition coefficient (Wildman–Crippen LogP) is 3.98. The molecule has 2 aliphatic rings. The van der Waals surface area contributed by atoms with Crippen molar-refractivity contribution < 1.29 is 14.3 Å². The molecule has 1 saturated carbocycles. The molecule has 0 aromatic carbocycles. The normalized spacial score (nSPS) is 18.5. The highest BCUT2D eigenvalue weighted by Gasteiger charge is 2.34. The number of pyridine rings is 1. The smallest absolute Gasteiger partial charge is 0.410 e. The topological polar surface area (TPSA) is 121 Å². The van der Waals surface area contributed by atoms with E-state index >= 15 is 0 Å². The third-order valence-electron chi connectivity index (χ3n) is 7.87. The molecule has 0 spiro atoms. The van der Waals surface area contributed by atoms with Crippen molar-refractivity contribution in [3.63, 3.8) is 0 Å². The molecule has 1 saturated heterocycles. The average molecular weight is 565 g/mol. The molecule has 5 rings (SSSR count). The van der Waals surface area contributed by atoms with Gasteiger partial charge in [-0.3, -0.25) is 9.36 Å². The van der Waals surface area contributed by atoms with Gasteiger partial charge in [0.05, 0.1) is 25.5 Å². The van der Waals surface area contributed by atoms with E-state index < -0.39 is 11.8 Å². The van der Waals surface area contributed by atoms with Crippen LogP contribution in [0.4, 0.5) is 10.5 Å². The van der Waals surface area contributed by atoms with Crippen LogP contribution in [0.5, 0.6) is 5.75 Å². The second-order valence-electron chi connectivity index (χ2n) is 12.0. The molecule has 4 heterocycles. The van der Waals surface area contributed by atoms with Crippen LogP contribution in [0, 0.1) is 5.92 Å². The molecule has 3 aromatic heterocycles. The maximum atomic E-state index is 13.3. The van der Waals surface area contributed by atoms with E-state index in [9.17, 15) is 9.59 Å². The maximum Gasteiger partial charge on any atom is 0.410 e. The number of rotatable bonds is 8. The summed E-state index contributed by atoms with van der Waals surface area (Å²) in [5.41, 5.74) is 1.22. The summed E-state index contributed by atoms with van der Waals surface area (Å²) in [6.45, 7) is 9.82. The van der Waals surface area contributed by atoms with Crippen molar-refractivity contribution in [3.8, 4) is 17.1 Å². The van der Waals surface area contributed by atoms with E-state index in [1.807, 2.05) is 38.7 Å². The lowest BCUT2D eigenvalue weighted by Gasteiger charge is -2.43. The number of anilines is 1. The van der Waals surface area contributed by atoms with Crippen molar-refractivity contribution in [2.45, 2.75) is 77.6 Å². The van der Waals surface area contributed by atoms with Gasteiger partial charge in [-0.1, -0.05) is 11.6 Å². The Morgan fingerprint density at radius 1 is 1.15 bits per heavy atom. The van der Waals surface area contributed by atoms with Gasteiger partial charge in [0.1, 0.15) is 28.9 Å². The number of nitrogens with zero attached hydrogens (tertiary/aromatic N) is 8. The van der Waals surface area contributed by atoms with Gasteiger partial charge in [-0.05, 0) is 65.4 Å². The van der Waals surface area contributed by atoms with E-state index in [0.29, 0.717) is 29.6 Å². The number of piperidine rings is 1. The molecule has 0 bridgehead atoms. The van der Waals surface area contributed by atoms with Crippen LogP contribution in [0.2, 0.25) is 0 Å². The van der Waals surface area contributed by atoms with Crippen molar-refractivity contribution in [1.82, 2.24) is 34.7 Å². The van der Waals surface area contributed by atoms with Crippen molar-refractivity contribution in [1.29, 1.82) is 0 Å². The van der Waals surface area contributed by atoms with Gasteiger partial charge >= 0.3 is 6.09 Å². The molecule has 12 nitrogen and oxygen atoms in total. The third kappa shape index (κ3) is 6.68. The van der Waals surface area contributed by atoms with Gasteiger partial charge in [0, 0.05) is 43.7 Å². The number of carbonyl (C=O) groups is 1. The second-order valence-corrected chi connectivity index (χ2v) is 12.0. The fourth-order valence-electron chi connectivity index (χ4n) is 5.36. The third-order valence-corrected chi connectivity index (χ3v) is 7.87. The first kappa shape index (κ1) is 28.6. The Morgan fingerprint density at radius 2 is 1.95 bits per heavy atom. The maximum absolute atomic E-state index is 13.3. The minimum atomic E-state index is -0.545. The fourth-order valence-corrected chi connectivity index (χ4v) is 5.36. The Morgan fingerprint density at radius 3 is 2.63 bits per heavy atom. The lowest BCUT2D eigenvalue weighted by molar-refractivity contribution is 0.00736. The summed E-state index contributed by atoms with van der Waals surface area (Å²) >= 11 is 0. The molecule has 41 heavy (non-hydrogen) atoms. The molecule has 2 fully saturated rings. The van der Waals surface area contributed by atoms with Gasteiger partial charge < -0.3 is 19.3 Å². The van der Waals surface area contributed by atoms with Crippen molar-refractivity contribution in [2.75, 3.05) is 31.6 Å². The molecular formula is C29H40N8O4. The summed E-state index contributed by atoms with van der Waals surface area (Å²) in [6.07, 6.45) is 9.79. The molecule has 1 amide bonds. The molecule has 1 unspecified atom stereocenters. The zero-order chi connectivity index (χ0) is 29.1. The van der Waals surface area contributed by atoms with Gasteiger partial charge in [0.2, 0.25) is 0 Å². The Balaban J connectivity index is 1.30. The van der Waals surface area contributed by atoms with Gasteiger partial charge in [0.25, 0.3) is 5.56 Å². The van der Waals surface area contributed by atoms with Crippen LogP contribution in [-0.2, 0) is 4.74 Å². The predicted molar refractivity (Wildman–Crippen MR) is 154 cm³/mol. The second kappa shape index (κ2) is 11.9. The molecule has 2 atom stereocenters. The molecule has 1 aliphatic carbocycles. The van der Waals surface area contributed by atoms with Gasteiger partial charge in [-0.15, -0.1) is 10.2 Å². The zero-order valence-corrected chi connectivity index (χ0v) is 24.6. The minimum absolute atomic E-state index is 0.0360. The van der Waals surface area contributed by atoms with Crippen LogP contribution in [0.25, 0.3) is 11.4 Å². The summed E-state index contributed by atoms with van der Waals surface area (Å²) in [6, 6.07) is 5.38. The first-order valence-electron chi connectivity index (χ1n) is 14.4. The van der Waals surface area contributed by atoms with E-state index in [-0.39, 0.29) is 17.7 Å². The van der Waals surface area contributed by atoms with Gasteiger partial charge in [0.15, 0.2) is 0 Å². The summed E-state index contributed by atoms with van der Waals surface area (Å²) in [5.74, 6) is 1.11. The number of amides is 1. The van der Waals surface area contributed by atoms with Crippen LogP contribution in [0.3, 0.4) is 0 Å². The molecule has 12 heteroatoms. The molecule has 0 N–H and O–H groups in total. The summed E-state index contributed by atoms with van der Waals surface area (Å²) in [4.78, 5) is 30.6. The Labute approximate surface area is 240 Å². The van der Waals surface area contributed by atoms with E-state index in [2.05, 4.69) is 25.4 Å². The summed E-state index contributed by atoms with van der Waals surface area (Å²) in [7, 11) is 1.56. The molecule has 3 aromatic rings. The highest BCUT2D eigenvalue weighted by atomic mass is 16.6. The average Bonchev–Trinajstić information content (AvgIpc) is 3.42. The minimum Gasteiger partial charge on any atom is -0.495 e. The van der Waals surface area contributed by atoms with Crippen molar-refractivity contribution >= 4 is 11.8 Å². The lowest BCUT2D eigenvalue weighted by atomic mass is 9.84. The van der Waals surface area contributed by atoms with E-state index in [0.717, 1.165) is 44.5 Å². The van der Waals surface area contributed by atoms with E-state index in [1.54, 1.807) is 40.9 Å². The molecular weight excluding hydrogens is 524 g/mol. The number of hydrogen-bond donors (Lipinski definition) is 0. The lowest BCUT2D eigenvalue weighted by Crippen LogP contribution is -2.53. The van der Waals surface area contributed by atoms with Crippen LogP contribution in [0.15, 0.2) is 41.6 Å². The van der Waals surface area contributed by atoms with E-state index in [1.165, 1.54) is 12.6 Å². The van der Waals surface area contributed by atoms with Gasteiger partial charge in [-0.2, -0.15) is 5.10 Å². The largest absolute Gasteiger partial charge is 0.495 e. The Kier molecular flexibility index (Phi) is 8.27. The highest BCUT2D eigenvalue weighted by molar-refractivity contribution is 5.69. The molecule has 0 radical (unpaired) electrons. The standard InChI is InChI=1S/C29H40N8O4/c1-20(37-19-26(32-33-37)25-15-24(40-5)16-30-31-25)35-13-11-22(14-27(35)38)34-12-7-10-23(18-34)36(17-21-8-6-9-21)28(39)41-29(2,3)4/h11,13-16,19-21,23H,6-10,12,17-18H2,1-5H3/t20?,23-/m1/s1. The highest BCUT2D eigenvalue weighted by Crippen LogP contribution is 2.31. The van der Waals surface area contributed by atoms with Crippen molar-refractivity contribution in [2.24, 2.45) is 5.92 Å². The summed E-state index contributed by atoms with van der Waals surface area (Å²) < 4.78 is 14.2. The summed E-state index contributed by atoms with van der Waals surface area (Å²) in [5, 5.41) is 16.5. The number of carbonyl (C=O) groups excluding carboxylic acids is 1. The Hall–Kier alpha value is -3.96. The van der Waals surface area contributed by atoms with E-state index in [4.69, 9.17) is 9.47 Å². The first-order chi connectivity index (χ1) is 19.6. The number of methoxy groups -OCH3 is 1. The van der Waals surface area contributed by atoms with Crippen LogP contribution >= 0.6 is 0 Å². The monoisotopic (exact) mass is 564 g/mol. The zero-order valence-electron chi connectivity index (χ0n) is 24.6. The van der Waals surface area contributed by atoms with Crippen LogP contribution in [-0.4, -0.2) is 79.1 Å². The molecule has 220 valence electrons. The quantitative estimate of drug-likeness (QED) is 0.400. The van der Waals surface area contributed by atoms with Gasteiger partial charge in [-0.25, -0.2) is 9.48 Å².